The Kier molecular flexibility index (Phi) is 9.35. The summed E-state index contributed by atoms with van der Waals surface area (Å²) in [5, 5.41) is 11.8. The third-order valence-corrected chi connectivity index (χ3v) is 6.92. The number of likely N-dealkylation sites (tertiary alicyclic amines) is 1. The van der Waals surface area contributed by atoms with Gasteiger partial charge in [-0.15, -0.1) is 0 Å². The number of rotatable bonds is 13. The molecule has 1 amide bonds. The first kappa shape index (κ1) is 27.6. The van der Waals surface area contributed by atoms with Crippen molar-refractivity contribution < 1.29 is 33.7 Å². The van der Waals surface area contributed by atoms with E-state index in [-0.39, 0.29) is 19.2 Å². The van der Waals surface area contributed by atoms with Crippen LogP contribution < -0.4 is 14.2 Å². The second-order valence-corrected chi connectivity index (χ2v) is 9.46. The number of fused-ring (bicyclic) bond motifs is 1. The quantitative estimate of drug-likeness (QED) is 0.388. The average molecular weight is 529 g/mol. The Balaban J connectivity index is 1.64. The zero-order valence-electron chi connectivity index (χ0n) is 22.2. The van der Waals surface area contributed by atoms with Crippen LogP contribution in [0.15, 0.2) is 30.6 Å². The van der Waals surface area contributed by atoms with E-state index in [4.69, 9.17) is 19.0 Å². The molecule has 1 unspecified atom stereocenters. The highest BCUT2D eigenvalue weighted by Gasteiger charge is 2.47. The van der Waals surface area contributed by atoms with Gasteiger partial charge in [-0.25, -0.2) is 15.0 Å². The molecule has 2 aromatic rings. The maximum Gasteiger partial charge on any atom is 0.308 e. The Morgan fingerprint density at radius 2 is 1.97 bits per heavy atom. The van der Waals surface area contributed by atoms with E-state index in [1.54, 1.807) is 18.5 Å². The minimum atomic E-state index is -0.923. The highest BCUT2D eigenvalue weighted by Crippen LogP contribution is 2.47. The fourth-order valence-electron chi connectivity index (χ4n) is 5.21. The molecule has 2 aliphatic rings. The molecule has 3 heterocycles. The van der Waals surface area contributed by atoms with Crippen molar-refractivity contribution in [2.75, 3.05) is 40.1 Å². The highest BCUT2D eigenvalue weighted by molar-refractivity contribution is 5.78. The summed E-state index contributed by atoms with van der Waals surface area (Å²) < 4.78 is 16.6. The van der Waals surface area contributed by atoms with Crippen molar-refractivity contribution in [3.05, 3.63) is 42.0 Å². The number of carbonyl (C=O) groups excluding carboxylic acids is 1. The van der Waals surface area contributed by atoms with Gasteiger partial charge in [0.05, 0.1) is 26.2 Å². The van der Waals surface area contributed by atoms with Crippen molar-refractivity contribution in [3.63, 3.8) is 0 Å². The lowest BCUT2D eigenvalue weighted by Gasteiger charge is -2.29. The maximum absolute atomic E-state index is 13.3. The summed E-state index contributed by atoms with van der Waals surface area (Å²) in [6, 6.07) is 4.95. The summed E-state index contributed by atoms with van der Waals surface area (Å²) in [5.74, 6) is -0.125. The number of carboxylic acids is 1. The van der Waals surface area contributed by atoms with Crippen molar-refractivity contribution >= 4 is 11.9 Å². The van der Waals surface area contributed by atoms with Crippen molar-refractivity contribution in [1.82, 2.24) is 19.9 Å². The van der Waals surface area contributed by atoms with E-state index in [1.807, 2.05) is 30.9 Å². The Morgan fingerprint density at radius 1 is 1.18 bits per heavy atom. The van der Waals surface area contributed by atoms with Crippen molar-refractivity contribution in [2.45, 2.75) is 51.5 Å². The first-order chi connectivity index (χ1) is 18.5. The van der Waals surface area contributed by atoms with Crippen molar-refractivity contribution in [2.24, 2.45) is 5.92 Å². The van der Waals surface area contributed by atoms with Gasteiger partial charge in [-0.3, -0.25) is 19.3 Å². The molecule has 1 saturated heterocycles. The number of ether oxygens (including phenoxy) is 3. The number of aliphatic carboxylic acids is 1. The molecule has 1 N–H and O–H groups in total. The van der Waals surface area contributed by atoms with Crippen LogP contribution in [0.5, 0.6) is 17.2 Å². The van der Waals surface area contributed by atoms with E-state index in [2.05, 4.69) is 9.97 Å². The Morgan fingerprint density at radius 3 is 2.66 bits per heavy atom. The van der Waals surface area contributed by atoms with E-state index in [0.717, 1.165) is 18.4 Å². The number of carboxylic acid groups (broad SMARTS) is 1. The normalized spacial score (nSPS) is 20.4. The molecule has 0 saturated carbocycles. The molecule has 1 aromatic carbocycles. The van der Waals surface area contributed by atoms with E-state index >= 15 is 0 Å². The molecule has 206 valence electrons. The minimum Gasteiger partial charge on any atom is -0.493 e. The van der Waals surface area contributed by atoms with E-state index in [1.165, 1.54) is 12.2 Å². The number of benzene rings is 1. The number of methoxy groups -OCH3 is 1. The molecule has 4 rings (SSSR count). The zero-order chi connectivity index (χ0) is 27.1. The molecule has 0 bridgehead atoms. The van der Waals surface area contributed by atoms with Gasteiger partial charge in [-0.05, 0) is 43.0 Å². The van der Waals surface area contributed by atoms with Crippen LogP contribution in [0, 0.1) is 5.92 Å². The lowest BCUT2D eigenvalue weighted by molar-refractivity contribution is -0.188. The van der Waals surface area contributed by atoms with Gasteiger partial charge in [0.2, 0.25) is 12.5 Å². The number of carbonyl (C=O) groups is 2. The zero-order valence-corrected chi connectivity index (χ0v) is 22.2. The molecule has 0 radical (unpaired) electrons. The monoisotopic (exact) mass is 528 g/mol. The summed E-state index contributed by atoms with van der Waals surface area (Å²) >= 11 is 0. The first-order valence-corrected chi connectivity index (χ1v) is 13.1. The number of hydrogen-bond donors (Lipinski definition) is 1. The molecule has 1 fully saturated rings. The topological polar surface area (TPSA) is 124 Å². The number of amides is 1. The largest absolute Gasteiger partial charge is 0.493 e. The van der Waals surface area contributed by atoms with Gasteiger partial charge >= 0.3 is 5.97 Å². The van der Waals surface area contributed by atoms with Crippen LogP contribution in [0.2, 0.25) is 0 Å². The Labute approximate surface area is 222 Å². The number of hydrogen-bond acceptors (Lipinski definition) is 9. The number of hydroxylamine groups is 2. The Hall–Kier alpha value is -3.44. The fourth-order valence-corrected chi connectivity index (χ4v) is 5.21. The SMILES string of the molecule is CCCON(CCC)C(=O)CN1C[C@H](c2cc(OC)c3c(c2)OCO3)C(C(=O)O)[C@@H]1CCc1ncccn1. The van der Waals surface area contributed by atoms with Gasteiger partial charge in [0.25, 0.3) is 5.91 Å². The predicted octanol–water partition coefficient (Wildman–Crippen LogP) is 2.90. The number of aryl methyl sites for hydroxylation is 1. The van der Waals surface area contributed by atoms with Gasteiger partial charge in [-0.2, -0.15) is 0 Å². The fraction of sp³-hybridized carbons (Fsp3) is 0.556. The summed E-state index contributed by atoms with van der Waals surface area (Å²) in [5.41, 5.74) is 0.766. The third kappa shape index (κ3) is 6.16. The lowest BCUT2D eigenvalue weighted by Crippen LogP contribution is -2.44. The van der Waals surface area contributed by atoms with Crippen LogP contribution in [0.25, 0.3) is 0 Å². The second kappa shape index (κ2) is 12.9. The van der Waals surface area contributed by atoms with Gasteiger partial charge < -0.3 is 19.3 Å². The van der Waals surface area contributed by atoms with E-state index in [9.17, 15) is 14.7 Å². The predicted molar refractivity (Wildman–Crippen MR) is 137 cm³/mol. The highest BCUT2D eigenvalue weighted by atomic mass is 16.7. The lowest BCUT2D eigenvalue weighted by atomic mass is 9.83. The summed E-state index contributed by atoms with van der Waals surface area (Å²) in [6.45, 7) is 5.38. The van der Waals surface area contributed by atoms with Crippen molar-refractivity contribution in [3.8, 4) is 17.2 Å². The number of nitrogens with zero attached hydrogens (tertiary/aromatic N) is 4. The van der Waals surface area contributed by atoms with Gasteiger partial charge in [-0.1, -0.05) is 13.8 Å². The molecule has 2 aliphatic heterocycles. The molecule has 1 aromatic heterocycles. The summed E-state index contributed by atoms with van der Waals surface area (Å²) in [4.78, 5) is 42.3. The molecule has 3 atom stereocenters. The third-order valence-electron chi connectivity index (χ3n) is 6.92. The molecule has 0 aliphatic carbocycles. The first-order valence-electron chi connectivity index (χ1n) is 13.1. The molecule has 11 heteroatoms. The standard InChI is InChI=1S/C27H36N4O7/c1-4-11-31(38-12-5-2)24(32)16-30-15-19(18-13-21(35-3)26-22(14-18)36-17-37-26)25(27(33)34)20(30)7-8-23-28-9-6-10-29-23/h6,9-10,13-14,19-20,25H,4-5,7-8,11-12,15-17H2,1-3H3,(H,33,34)/t19-,20+,25?/m1/s1. The smallest absolute Gasteiger partial charge is 0.308 e. The van der Waals surface area contributed by atoms with Gasteiger partial charge in [0.1, 0.15) is 5.82 Å². The molecule has 38 heavy (non-hydrogen) atoms. The van der Waals surface area contributed by atoms with Crippen LogP contribution in [-0.2, 0) is 20.8 Å². The van der Waals surface area contributed by atoms with Crippen LogP contribution in [0.4, 0.5) is 0 Å². The van der Waals surface area contributed by atoms with Crippen LogP contribution in [0.1, 0.15) is 50.4 Å². The summed E-state index contributed by atoms with van der Waals surface area (Å²) in [6.07, 6.45) is 5.84. The minimum absolute atomic E-state index is 0.0476. The van der Waals surface area contributed by atoms with Gasteiger partial charge in [0, 0.05) is 43.9 Å². The molecular weight excluding hydrogens is 492 g/mol. The molecule has 11 nitrogen and oxygen atoms in total. The van der Waals surface area contributed by atoms with E-state index in [0.29, 0.717) is 55.6 Å². The Bertz CT molecular complexity index is 1100. The molecular formula is C27H36N4O7. The van der Waals surface area contributed by atoms with Crippen LogP contribution in [-0.4, -0.2) is 83.1 Å². The van der Waals surface area contributed by atoms with Crippen LogP contribution >= 0.6 is 0 Å². The average Bonchev–Trinajstić information content (AvgIpc) is 3.54. The van der Waals surface area contributed by atoms with Gasteiger partial charge in [0.15, 0.2) is 11.5 Å². The maximum atomic E-state index is 13.3. The van der Waals surface area contributed by atoms with E-state index < -0.39 is 23.8 Å². The van der Waals surface area contributed by atoms with Crippen LogP contribution in [0.3, 0.4) is 0 Å². The summed E-state index contributed by atoms with van der Waals surface area (Å²) in [7, 11) is 1.54. The number of aromatic nitrogens is 2. The molecule has 0 spiro atoms. The van der Waals surface area contributed by atoms with Crippen molar-refractivity contribution in [1.29, 1.82) is 0 Å². The second-order valence-electron chi connectivity index (χ2n) is 9.46.